The molecule has 2 aromatic rings. The van der Waals surface area contributed by atoms with Crippen LogP contribution in [0, 0.1) is 11.6 Å². The summed E-state index contributed by atoms with van der Waals surface area (Å²) in [6.07, 6.45) is 0. The Morgan fingerprint density at radius 1 is 1.12 bits per heavy atom. The molecule has 0 unspecified atom stereocenters. The fourth-order valence-corrected chi connectivity index (χ4v) is 1.99. The van der Waals surface area contributed by atoms with Crippen LogP contribution in [0.1, 0.15) is 5.56 Å². The summed E-state index contributed by atoms with van der Waals surface area (Å²) >= 11 is 3.12. The van der Waals surface area contributed by atoms with E-state index in [2.05, 4.69) is 15.9 Å². The predicted octanol–water partition coefficient (Wildman–Crippen LogP) is 3.85. The summed E-state index contributed by atoms with van der Waals surface area (Å²) in [4.78, 5) is 0. The smallest absolute Gasteiger partial charge is 0.145 e. The second-order valence-corrected chi connectivity index (χ2v) is 4.47. The summed E-state index contributed by atoms with van der Waals surface area (Å²) in [5, 5.41) is 0. The maximum Gasteiger partial charge on any atom is 0.145 e. The highest BCUT2D eigenvalue weighted by Crippen LogP contribution is 2.28. The molecular formula is C13H10BrF2N. The Bertz CT molecular complexity index is 555. The lowest BCUT2D eigenvalue weighted by molar-refractivity contribution is 0.610. The zero-order valence-corrected chi connectivity index (χ0v) is 10.5. The van der Waals surface area contributed by atoms with E-state index in [-0.39, 0.29) is 18.2 Å². The molecular weight excluding hydrogens is 288 g/mol. The molecule has 0 aliphatic carbocycles. The zero-order chi connectivity index (χ0) is 12.4. The first kappa shape index (κ1) is 12.2. The van der Waals surface area contributed by atoms with Crippen LogP contribution in [-0.2, 0) is 6.54 Å². The molecule has 17 heavy (non-hydrogen) atoms. The minimum Gasteiger partial charge on any atom is -0.326 e. The van der Waals surface area contributed by atoms with Crippen molar-refractivity contribution in [1.29, 1.82) is 0 Å². The molecule has 0 saturated carbocycles. The Labute approximate surface area is 106 Å². The molecule has 0 saturated heterocycles. The molecule has 0 amide bonds. The molecule has 0 aromatic heterocycles. The molecule has 2 aromatic carbocycles. The third-order valence-corrected chi connectivity index (χ3v) is 3.14. The molecule has 2 N–H and O–H groups in total. The van der Waals surface area contributed by atoms with Gasteiger partial charge in [0.25, 0.3) is 0 Å². The van der Waals surface area contributed by atoms with Gasteiger partial charge < -0.3 is 5.73 Å². The Hall–Kier alpha value is -1.26. The summed E-state index contributed by atoms with van der Waals surface area (Å²) < 4.78 is 27.5. The van der Waals surface area contributed by atoms with E-state index in [1.54, 1.807) is 30.3 Å². The third-order valence-electron chi connectivity index (χ3n) is 2.53. The van der Waals surface area contributed by atoms with Gasteiger partial charge in [0.15, 0.2) is 0 Å². The van der Waals surface area contributed by atoms with E-state index in [9.17, 15) is 8.78 Å². The number of nitrogens with two attached hydrogens (primary N) is 1. The van der Waals surface area contributed by atoms with Crippen molar-refractivity contribution in [3.63, 3.8) is 0 Å². The number of hydrogen-bond acceptors (Lipinski definition) is 1. The van der Waals surface area contributed by atoms with Gasteiger partial charge in [0, 0.05) is 17.7 Å². The third kappa shape index (κ3) is 2.37. The van der Waals surface area contributed by atoms with E-state index in [1.165, 1.54) is 6.07 Å². The van der Waals surface area contributed by atoms with Crippen molar-refractivity contribution < 1.29 is 8.78 Å². The molecule has 4 heteroatoms. The summed E-state index contributed by atoms with van der Waals surface area (Å²) in [6.45, 7) is 0.0926. The van der Waals surface area contributed by atoms with Crippen LogP contribution in [-0.4, -0.2) is 0 Å². The van der Waals surface area contributed by atoms with Gasteiger partial charge in [-0.05, 0) is 39.7 Å². The first-order chi connectivity index (χ1) is 8.13. The van der Waals surface area contributed by atoms with Crippen molar-refractivity contribution in [3.8, 4) is 11.1 Å². The number of rotatable bonds is 2. The molecule has 88 valence electrons. The maximum absolute atomic E-state index is 13.9. The van der Waals surface area contributed by atoms with Gasteiger partial charge in [0.1, 0.15) is 11.6 Å². The van der Waals surface area contributed by atoms with Crippen LogP contribution >= 0.6 is 15.9 Å². The van der Waals surface area contributed by atoms with E-state index < -0.39 is 0 Å². The highest BCUT2D eigenvalue weighted by Gasteiger charge is 2.10. The number of benzene rings is 2. The van der Waals surface area contributed by atoms with Gasteiger partial charge in [0.2, 0.25) is 0 Å². The van der Waals surface area contributed by atoms with Gasteiger partial charge >= 0.3 is 0 Å². The Kier molecular flexibility index (Phi) is 3.54. The van der Waals surface area contributed by atoms with Crippen LogP contribution in [0.4, 0.5) is 8.78 Å². The summed E-state index contributed by atoms with van der Waals surface area (Å²) in [7, 11) is 0. The van der Waals surface area contributed by atoms with Gasteiger partial charge in [-0.2, -0.15) is 0 Å². The van der Waals surface area contributed by atoms with Crippen LogP contribution in [0.15, 0.2) is 40.9 Å². The van der Waals surface area contributed by atoms with Gasteiger partial charge in [-0.15, -0.1) is 0 Å². The normalized spacial score (nSPS) is 10.6. The molecule has 0 atom stereocenters. The molecule has 0 fully saturated rings. The predicted molar refractivity (Wildman–Crippen MR) is 67.4 cm³/mol. The lowest BCUT2D eigenvalue weighted by Gasteiger charge is -2.07. The summed E-state index contributed by atoms with van der Waals surface area (Å²) in [5.74, 6) is -0.728. The quantitative estimate of drug-likeness (QED) is 0.895. The molecule has 0 aliphatic heterocycles. The van der Waals surface area contributed by atoms with Gasteiger partial charge in [-0.3, -0.25) is 0 Å². The van der Waals surface area contributed by atoms with Crippen molar-refractivity contribution >= 4 is 15.9 Å². The summed E-state index contributed by atoms with van der Waals surface area (Å²) in [6, 6.07) is 9.41. The van der Waals surface area contributed by atoms with Crippen LogP contribution in [0.2, 0.25) is 0 Å². The molecule has 1 nitrogen and oxygen atoms in total. The van der Waals surface area contributed by atoms with Crippen molar-refractivity contribution in [2.75, 3.05) is 0 Å². The molecule has 0 spiro atoms. The standard InChI is InChI=1S/C13H10BrF2N/c14-11-3-1-2-10(13(11)16)8-4-5-12(15)9(6-8)7-17/h1-6H,7,17H2. The van der Waals surface area contributed by atoms with E-state index in [1.807, 2.05) is 0 Å². The van der Waals surface area contributed by atoms with E-state index in [4.69, 9.17) is 5.73 Å². The second-order valence-electron chi connectivity index (χ2n) is 3.61. The number of halogens is 3. The van der Waals surface area contributed by atoms with Gasteiger partial charge in [-0.1, -0.05) is 18.2 Å². The van der Waals surface area contributed by atoms with Crippen molar-refractivity contribution in [2.24, 2.45) is 5.73 Å². The van der Waals surface area contributed by atoms with E-state index >= 15 is 0 Å². The monoisotopic (exact) mass is 297 g/mol. The van der Waals surface area contributed by atoms with Crippen molar-refractivity contribution in [3.05, 3.63) is 58.1 Å². The Morgan fingerprint density at radius 2 is 1.88 bits per heavy atom. The molecule has 0 aliphatic rings. The average molecular weight is 298 g/mol. The first-order valence-corrected chi connectivity index (χ1v) is 5.85. The molecule has 0 bridgehead atoms. The molecule has 0 heterocycles. The molecule has 2 rings (SSSR count). The van der Waals surface area contributed by atoms with E-state index in [0.717, 1.165) is 0 Å². The van der Waals surface area contributed by atoms with Crippen LogP contribution < -0.4 is 5.73 Å². The van der Waals surface area contributed by atoms with Crippen LogP contribution in [0.25, 0.3) is 11.1 Å². The SMILES string of the molecule is NCc1cc(-c2cccc(Br)c2F)ccc1F. The molecule has 0 radical (unpaired) electrons. The summed E-state index contributed by atoms with van der Waals surface area (Å²) in [5.41, 5.74) is 6.84. The Balaban J connectivity index is 2.57. The lowest BCUT2D eigenvalue weighted by Crippen LogP contribution is -2.00. The van der Waals surface area contributed by atoms with Crippen molar-refractivity contribution in [2.45, 2.75) is 6.54 Å². The maximum atomic E-state index is 13.9. The highest BCUT2D eigenvalue weighted by molar-refractivity contribution is 9.10. The van der Waals surface area contributed by atoms with E-state index in [0.29, 0.717) is 21.2 Å². The average Bonchev–Trinajstić information content (AvgIpc) is 2.34. The largest absolute Gasteiger partial charge is 0.326 e. The fourth-order valence-electron chi connectivity index (χ4n) is 1.63. The fraction of sp³-hybridized carbons (Fsp3) is 0.0769. The Morgan fingerprint density at radius 3 is 2.59 bits per heavy atom. The lowest BCUT2D eigenvalue weighted by atomic mass is 10.0. The zero-order valence-electron chi connectivity index (χ0n) is 8.88. The highest BCUT2D eigenvalue weighted by atomic mass is 79.9. The van der Waals surface area contributed by atoms with Crippen LogP contribution in [0.5, 0.6) is 0 Å². The minimum atomic E-state index is -0.369. The topological polar surface area (TPSA) is 26.0 Å². The number of hydrogen-bond donors (Lipinski definition) is 1. The van der Waals surface area contributed by atoms with Gasteiger partial charge in [-0.25, -0.2) is 8.78 Å². The van der Waals surface area contributed by atoms with Crippen LogP contribution in [0.3, 0.4) is 0 Å². The first-order valence-electron chi connectivity index (χ1n) is 5.06. The minimum absolute atomic E-state index is 0.0926. The second kappa shape index (κ2) is 4.94. The van der Waals surface area contributed by atoms with Crippen molar-refractivity contribution in [1.82, 2.24) is 0 Å². The van der Waals surface area contributed by atoms with Gasteiger partial charge in [0.05, 0.1) is 4.47 Å².